The van der Waals surface area contributed by atoms with E-state index in [1.165, 1.54) is 36.5 Å². The number of aromatic nitrogens is 1. The number of carbonyl (C=O) groups excluding carboxylic acids is 1. The van der Waals surface area contributed by atoms with Gasteiger partial charge < -0.3 is 10.1 Å². The number of ketones is 1. The Morgan fingerprint density at radius 1 is 1.00 bits per heavy atom. The minimum Gasteiger partial charge on any atom is -0.478 e. The zero-order valence-corrected chi connectivity index (χ0v) is 10.8. The summed E-state index contributed by atoms with van der Waals surface area (Å²) in [6.07, 6.45) is 1.46. The lowest BCUT2D eigenvalue weighted by molar-refractivity contribution is 0.0693. The minimum absolute atomic E-state index is 0.0565. The number of aromatic carboxylic acids is 1. The fourth-order valence-corrected chi connectivity index (χ4v) is 2.30. The van der Waals surface area contributed by atoms with Crippen molar-refractivity contribution < 1.29 is 19.1 Å². The van der Waals surface area contributed by atoms with E-state index in [0.717, 1.165) is 0 Å². The topological polar surface area (TPSA) is 70.2 Å². The van der Waals surface area contributed by atoms with Gasteiger partial charge in [-0.2, -0.15) is 0 Å². The van der Waals surface area contributed by atoms with Gasteiger partial charge in [0.2, 0.25) is 0 Å². The standard InChI is InChI=1S/C16H10FNO3/c17-9-5-6-10-13(8-18-14(10)7-9)15(19)11-3-1-2-4-12(11)16(20)21/h1-8,18H,(H,20,21). The Labute approximate surface area is 118 Å². The molecule has 0 atom stereocenters. The molecule has 0 spiro atoms. The summed E-state index contributed by atoms with van der Waals surface area (Å²) in [5.41, 5.74) is 0.860. The number of fused-ring (bicyclic) bond motifs is 1. The molecule has 104 valence electrons. The van der Waals surface area contributed by atoms with Crippen LogP contribution in [0.4, 0.5) is 4.39 Å². The fourth-order valence-electron chi connectivity index (χ4n) is 2.30. The van der Waals surface area contributed by atoms with E-state index in [9.17, 15) is 14.0 Å². The van der Waals surface area contributed by atoms with Crippen LogP contribution in [0.5, 0.6) is 0 Å². The Hall–Kier alpha value is -2.95. The molecule has 0 fully saturated rings. The maximum absolute atomic E-state index is 13.2. The Morgan fingerprint density at radius 3 is 2.43 bits per heavy atom. The van der Waals surface area contributed by atoms with E-state index in [1.54, 1.807) is 12.1 Å². The molecule has 0 saturated carbocycles. The van der Waals surface area contributed by atoms with Crippen LogP contribution in [0.15, 0.2) is 48.7 Å². The molecule has 0 aliphatic heterocycles. The van der Waals surface area contributed by atoms with E-state index >= 15 is 0 Å². The van der Waals surface area contributed by atoms with Gasteiger partial charge in [0.25, 0.3) is 0 Å². The number of halogens is 1. The number of aromatic amines is 1. The maximum Gasteiger partial charge on any atom is 0.336 e. The molecule has 0 unspecified atom stereocenters. The first-order valence-electron chi connectivity index (χ1n) is 6.21. The van der Waals surface area contributed by atoms with Crippen molar-refractivity contribution >= 4 is 22.7 Å². The highest BCUT2D eigenvalue weighted by Gasteiger charge is 2.20. The summed E-state index contributed by atoms with van der Waals surface area (Å²) in [6.45, 7) is 0. The molecular weight excluding hydrogens is 273 g/mol. The zero-order valence-electron chi connectivity index (χ0n) is 10.8. The second kappa shape index (κ2) is 4.86. The molecule has 0 bridgehead atoms. The molecule has 0 radical (unpaired) electrons. The van der Waals surface area contributed by atoms with Crippen LogP contribution in [-0.2, 0) is 0 Å². The molecule has 5 heteroatoms. The Bertz CT molecular complexity index is 867. The summed E-state index contributed by atoms with van der Waals surface area (Å²) in [5, 5.41) is 9.71. The van der Waals surface area contributed by atoms with Gasteiger partial charge in [-0.05, 0) is 24.3 Å². The van der Waals surface area contributed by atoms with Gasteiger partial charge in [0.15, 0.2) is 5.78 Å². The molecule has 2 N–H and O–H groups in total. The predicted octanol–water partition coefficient (Wildman–Crippen LogP) is 3.24. The first-order chi connectivity index (χ1) is 10.1. The number of benzene rings is 2. The third-order valence-corrected chi connectivity index (χ3v) is 3.29. The number of carboxylic acids is 1. The molecule has 3 rings (SSSR count). The fraction of sp³-hybridized carbons (Fsp3) is 0. The van der Waals surface area contributed by atoms with Crippen molar-refractivity contribution in [1.29, 1.82) is 0 Å². The molecule has 4 nitrogen and oxygen atoms in total. The molecule has 0 saturated heterocycles. The number of rotatable bonds is 3. The summed E-state index contributed by atoms with van der Waals surface area (Å²) in [7, 11) is 0. The van der Waals surface area contributed by atoms with Crippen molar-refractivity contribution in [2.45, 2.75) is 0 Å². The average molecular weight is 283 g/mol. The molecule has 1 heterocycles. The lowest BCUT2D eigenvalue weighted by Crippen LogP contribution is -2.09. The molecule has 0 amide bonds. The van der Waals surface area contributed by atoms with Crippen LogP contribution < -0.4 is 0 Å². The highest BCUT2D eigenvalue weighted by molar-refractivity contribution is 6.19. The highest BCUT2D eigenvalue weighted by atomic mass is 19.1. The molecule has 2 aromatic carbocycles. The second-order valence-corrected chi connectivity index (χ2v) is 4.57. The summed E-state index contributed by atoms with van der Waals surface area (Å²) in [4.78, 5) is 26.6. The van der Waals surface area contributed by atoms with Crippen molar-refractivity contribution in [3.05, 3.63) is 71.2 Å². The van der Waals surface area contributed by atoms with Crippen molar-refractivity contribution in [2.24, 2.45) is 0 Å². The number of hydrogen-bond donors (Lipinski definition) is 2. The normalized spacial score (nSPS) is 10.7. The van der Waals surface area contributed by atoms with Gasteiger partial charge in [0.05, 0.1) is 5.56 Å². The average Bonchev–Trinajstić information content (AvgIpc) is 2.89. The van der Waals surface area contributed by atoms with E-state index in [-0.39, 0.29) is 11.1 Å². The van der Waals surface area contributed by atoms with Crippen molar-refractivity contribution in [3.8, 4) is 0 Å². The van der Waals surface area contributed by atoms with Crippen molar-refractivity contribution in [2.75, 3.05) is 0 Å². The Balaban J connectivity index is 2.15. The van der Waals surface area contributed by atoms with Crippen molar-refractivity contribution in [1.82, 2.24) is 4.98 Å². The molecule has 1 aromatic heterocycles. The lowest BCUT2D eigenvalue weighted by atomic mass is 9.98. The minimum atomic E-state index is -1.16. The van der Waals surface area contributed by atoms with E-state index < -0.39 is 17.6 Å². The van der Waals surface area contributed by atoms with Gasteiger partial charge in [-0.25, -0.2) is 9.18 Å². The van der Waals surface area contributed by atoms with Crippen LogP contribution in [0.3, 0.4) is 0 Å². The Morgan fingerprint density at radius 2 is 1.71 bits per heavy atom. The van der Waals surface area contributed by atoms with Crippen LogP contribution >= 0.6 is 0 Å². The third-order valence-electron chi connectivity index (χ3n) is 3.29. The molecular formula is C16H10FNO3. The highest BCUT2D eigenvalue weighted by Crippen LogP contribution is 2.23. The van der Waals surface area contributed by atoms with Gasteiger partial charge in [-0.1, -0.05) is 18.2 Å². The molecule has 3 aromatic rings. The van der Waals surface area contributed by atoms with Gasteiger partial charge in [0.1, 0.15) is 5.82 Å². The van der Waals surface area contributed by atoms with Gasteiger partial charge in [-0.15, -0.1) is 0 Å². The van der Waals surface area contributed by atoms with E-state index in [4.69, 9.17) is 5.11 Å². The summed E-state index contributed by atoms with van der Waals surface area (Å²) >= 11 is 0. The Kier molecular flexibility index (Phi) is 3.02. The largest absolute Gasteiger partial charge is 0.478 e. The van der Waals surface area contributed by atoms with E-state index in [1.807, 2.05) is 0 Å². The first-order valence-corrected chi connectivity index (χ1v) is 6.21. The van der Waals surface area contributed by atoms with Crippen LogP contribution in [0, 0.1) is 5.82 Å². The van der Waals surface area contributed by atoms with Crippen LogP contribution in [0.1, 0.15) is 26.3 Å². The zero-order chi connectivity index (χ0) is 15.0. The summed E-state index contributed by atoms with van der Waals surface area (Å²) in [6, 6.07) is 10.1. The molecule has 21 heavy (non-hydrogen) atoms. The number of carboxylic acid groups (broad SMARTS) is 1. The van der Waals surface area contributed by atoms with Crippen LogP contribution in [-0.4, -0.2) is 21.8 Å². The van der Waals surface area contributed by atoms with Crippen LogP contribution in [0.2, 0.25) is 0 Å². The maximum atomic E-state index is 13.2. The van der Waals surface area contributed by atoms with Crippen LogP contribution in [0.25, 0.3) is 10.9 Å². The number of H-pyrrole nitrogens is 1. The first kappa shape index (κ1) is 13.1. The lowest BCUT2D eigenvalue weighted by Gasteiger charge is -2.04. The van der Waals surface area contributed by atoms with E-state index in [2.05, 4.69) is 4.98 Å². The summed E-state index contributed by atoms with van der Waals surface area (Å²) < 4.78 is 13.2. The monoisotopic (exact) mass is 283 g/mol. The van der Waals surface area contributed by atoms with Gasteiger partial charge in [-0.3, -0.25) is 4.79 Å². The third kappa shape index (κ3) is 2.18. The number of hydrogen-bond acceptors (Lipinski definition) is 2. The number of nitrogens with one attached hydrogen (secondary N) is 1. The van der Waals surface area contributed by atoms with Gasteiger partial charge in [0, 0.05) is 28.2 Å². The quantitative estimate of drug-likeness (QED) is 0.725. The van der Waals surface area contributed by atoms with Gasteiger partial charge >= 0.3 is 5.97 Å². The number of carbonyl (C=O) groups is 2. The smallest absolute Gasteiger partial charge is 0.336 e. The van der Waals surface area contributed by atoms with Crippen molar-refractivity contribution in [3.63, 3.8) is 0 Å². The SMILES string of the molecule is O=C(O)c1ccccc1C(=O)c1c[nH]c2cc(F)ccc12. The molecule has 0 aliphatic carbocycles. The summed E-state index contributed by atoms with van der Waals surface area (Å²) in [5.74, 6) is -1.98. The molecule has 0 aliphatic rings. The predicted molar refractivity (Wildman–Crippen MR) is 75.1 cm³/mol. The van der Waals surface area contributed by atoms with E-state index in [0.29, 0.717) is 16.5 Å². The second-order valence-electron chi connectivity index (χ2n) is 4.57.